The highest BCUT2D eigenvalue weighted by Gasteiger charge is 2.37. The van der Waals surface area contributed by atoms with Crippen molar-refractivity contribution in [2.24, 2.45) is 0 Å². The first kappa shape index (κ1) is 12.7. The summed E-state index contributed by atoms with van der Waals surface area (Å²) in [6.45, 7) is 0.0606. The molecule has 104 valence electrons. The Morgan fingerprint density at radius 1 is 1.63 bits per heavy atom. The zero-order chi connectivity index (χ0) is 13.6. The maximum absolute atomic E-state index is 9.75. The van der Waals surface area contributed by atoms with E-state index in [4.69, 9.17) is 27.0 Å². The van der Waals surface area contributed by atoms with Gasteiger partial charge in [-0.15, -0.1) is 0 Å². The molecule has 19 heavy (non-hydrogen) atoms. The highest BCUT2D eigenvalue weighted by atomic mass is 35.5. The number of imidazole rings is 1. The molecule has 8 nitrogen and oxygen atoms in total. The lowest BCUT2D eigenvalue weighted by Crippen LogP contribution is -2.34. The van der Waals surface area contributed by atoms with Crippen LogP contribution in [0.4, 0.5) is 5.82 Å². The standard InChI is InChI=1S/C10H14ClN5O3/c11-16-4-14-10-8(9(16)12)13-3-15(10)7-1-5(18)6(2-17)19-7/h3,5-7,12,14,17-18H,1-2,4H2/t5-,6+,7+/m0/s1. The number of aliphatic hydroxyl groups excluding tert-OH is 2. The van der Waals surface area contributed by atoms with Crippen molar-refractivity contribution in [1.82, 2.24) is 14.0 Å². The number of nitrogens with zero attached hydrogens (tertiary/aromatic N) is 3. The van der Waals surface area contributed by atoms with Crippen LogP contribution in [-0.2, 0) is 4.74 Å². The van der Waals surface area contributed by atoms with Gasteiger partial charge in [0.1, 0.15) is 30.5 Å². The van der Waals surface area contributed by atoms with E-state index in [-0.39, 0.29) is 19.1 Å². The molecule has 0 bridgehead atoms. The van der Waals surface area contributed by atoms with Gasteiger partial charge in [-0.05, 0) is 0 Å². The van der Waals surface area contributed by atoms with E-state index in [1.165, 1.54) is 4.42 Å². The van der Waals surface area contributed by atoms with Crippen molar-refractivity contribution in [2.45, 2.75) is 24.9 Å². The van der Waals surface area contributed by atoms with Crippen LogP contribution in [-0.4, -0.2) is 55.5 Å². The summed E-state index contributed by atoms with van der Waals surface area (Å²) in [5.41, 5.74) is 0.437. The lowest BCUT2D eigenvalue weighted by atomic mass is 10.2. The van der Waals surface area contributed by atoms with E-state index in [0.717, 1.165) is 0 Å². The number of anilines is 1. The maximum atomic E-state index is 9.75. The highest BCUT2D eigenvalue weighted by molar-refractivity contribution is 6.25. The molecule has 2 aliphatic rings. The summed E-state index contributed by atoms with van der Waals surface area (Å²) < 4.78 is 8.50. The number of ether oxygens (including phenoxy) is 1. The van der Waals surface area contributed by atoms with Crippen LogP contribution in [0, 0.1) is 5.41 Å². The molecular weight excluding hydrogens is 274 g/mol. The molecule has 3 rings (SSSR count). The third-order valence-electron chi connectivity index (χ3n) is 3.34. The molecule has 1 saturated heterocycles. The number of aromatic nitrogens is 2. The van der Waals surface area contributed by atoms with Gasteiger partial charge < -0.3 is 20.3 Å². The molecule has 0 aromatic carbocycles. The average molecular weight is 288 g/mol. The second-order valence-electron chi connectivity index (χ2n) is 4.51. The van der Waals surface area contributed by atoms with Gasteiger partial charge in [-0.3, -0.25) is 9.98 Å². The first-order valence-corrected chi connectivity index (χ1v) is 6.23. The van der Waals surface area contributed by atoms with E-state index in [1.807, 2.05) is 0 Å². The Bertz CT molecular complexity index is 507. The van der Waals surface area contributed by atoms with Crippen molar-refractivity contribution < 1.29 is 14.9 Å². The molecule has 0 unspecified atom stereocenters. The Hall–Kier alpha value is -1.35. The summed E-state index contributed by atoms with van der Waals surface area (Å²) in [4.78, 5) is 4.13. The summed E-state index contributed by atoms with van der Waals surface area (Å²) in [6.07, 6.45) is 0.203. The lowest BCUT2D eigenvalue weighted by molar-refractivity contribution is -0.0437. The van der Waals surface area contributed by atoms with Gasteiger partial charge >= 0.3 is 0 Å². The number of rotatable bonds is 2. The summed E-state index contributed by atoms with van der Waals surface area (Å²) in [5.74, 6) is 0.754. The van der Waals surface area contributed by atoms with Gasteiger partial charge in [0, 0.05) is 18.2 Å². The third-order valence-corrected chi connectivity index (χ3v) is 3.63. The van der Waals surface area contributed by atoms with E-state index in [0.29, 0.717) is 17.9 Å². The number of aliphatic hydroxyl groups is 2. The molecule has 0 aliphatic carbocycles. The minimum absolute atomic E-state index is 0.117. The second-order valence-corrected chi connectivity index (χ2v) is 4.92. The SMILES string of the molecule is N=C1c2ncn([C@H]3C[C@H](O)[C@@H](CO)O3)c2NCN1Cl. The summed E-state index contributed by atoms with van der Waals surface area (Å²) in [7, 11) is 0. The van der Waals surface area contributed by atoms with Crippen LogP contribution in [0.15, 0.2) is 6.33 Å². The summed E-state index contributed by atoms with van der Waals surface area (Å²) in [6, 6.07) is 0. The first-order chi connectivity index (χ1) is 9.11. The Morgan fingerprint density at radius 3 is 3.11 bits per heavy atom. The maximum Gasteiger partial charge on any atom is 0.167 e. The van der Waals surface area contributed by atoms with Crippen molar-refractivity contribution in [1.29, 1.82) is 5.41 Å². The molecule has 9 heteroatoms. The number of amidine groups is 1. The van der Waals surface area contributed by atoms with Crippen LogP contribution in [0.2, 0.25) is 0 Å². The van der Waals surface area contributed by atoms with Gasteiger partial charge in [-0.1, -0.05) is 0 Å². The van der Waals surface area contributed by atoms with Crippen LogP contribution in [0.25, 0.3) is 0 Å². The zero-order valence-electron chi connectivity index (χ0n) is 9.95. The van der Waals surface area contributed by atoms with E-state index in [1.54, 1.807) is 10.9 Å². The normalized spacial score (nSPS) is 30.4. The fourth-order valence-electron chi connectivity index (χ4n) is 2.32. The molecular formula is C10H14ClN5O3. The van der Waals surface area contributed by atoms with Gasteiger partial charge in [0.2, 0.25) is 0 Å². The Labute approximate surface area is 114 Å². The van der Waals surface area contributed by atoms with Gasteiger partial charge in [-0.25, -0.2) is 9.40 Å². The zero-order valence-corrected chi connectivity index (χ0v) is 10.7. The van der Waals surface area contributed by atoms with Crippen molar-refractivity contribution in [2.75, 3.05) is 18.6 Å². The van der Waals surface area contributed by atoms with E-state index < -0.39 is 18.4 Å². The molecule has 3 atom stereocenters. The van der Waals surface area contributed by atoms with Crippen molar-refractivity contribution in [3.05, 3.63) is 12.0 Å². The first-order valence-electron chi connectivity index (χ1n) is 5.89. The van der Waals surface area contributed by atoms with Crippen molar-refractivity contribution >= 4 is 23.4 Å². The highest BCUT2D eigenvalue weighted by Crippen LogP contribution is 2.33. The second kappa shape index (κ2) is 4.64. The van der Waals surface area contributed by atoms with Gasteiger partial charge in [-0.2, -0.15) is 0 Å². The molecule has 1 aromatic rings. The van der Waals surface area contributed by atoms with Gasteiger partial charge in [0.05, 0.1) is 19.0 Å². The third kappa shape index (κ3) is 1.96. The summed E-state index contributed by atoms with van der Waals surface area (Å²) in [5, 5.41) is 29.7. The van der Waals surface area contributed by atoms with Crippen LogP contribution in [0.1, 0.15) is 18.3 Å². The monoisotopic (exact) mass is 287 g/mol. The van der Waals surface area contributed by atoms with E-state index >= 15 is 0 Å². The van der Waals surface area contributed by atoms with E-state index in [9.17, 15) is 5.11 Å². The number of fused-ring (bicyclic) bond motifs is 1. The Kier molecular flexibility index (Phi) is 3.09. The van der Waals surface area contributed by atoms with Gasteiger partial charge in [0.15, 0.2) is 5.84 Å². The van der Waals surface area contributed by atoms with Crippen LogP contribution >= 0.6 is 11.8 Å². The smallest absolute Gasteiger partial charge is 0.167 e. The quantitative estimate of drug-likeness (QED) is 0.556. The lowest BCUT2D eigenvalue weighted by Gasteiger charge is -2.25. The largest absolute Gasteiger partial charge is 0.394 e. The number of nitrogens with one attached hydrogen (secondary N) is 2. The van der Waals surface area contributed by atoms with Crippen LogP contribution < -0.4 is 5.32 Å². The number of hydrogen-bond acceptors (Lipinski definition) is 6. The molecule has 0 radical (unpaired) electrons. The predicted octanol–water partition coefficient (Wildman–Crippen LogP) is -0.312. The minimum Gasteiger partial charge on any atom is -0.394 e. The van der Waals surface area contributed by atoms with E-state index in [2.05, 4.69) is 10.3 Å². The van der Waals surface area contributed by atoms with Crippen molar-refractivity contribution in [3.63, 3.8) is 0 Å². The minimum atomic E-state index is -0.708. The molecule has 4 N–H and O–H groups in total. The summed E-state index contributed by atoms with van der Waals surface area (Å²) >= 11 is 5.83. The van der Waals surface area contributed by atoms with Crippen LogP contribution in [0.3, 0.4) is 0 Å². The van der Waals surface area contributed by atoms with Crippen LogP contribution in [0.5, 0.6) is 0 Å². The molecule has 1 aromatic heterocycles. The molecule has 3 heterocycles. The fourth-order valence-corrected chi connectivity index (χ4v) is 2.46. The Balaban J connectivity index is 1.88. The van der Waals surface area contributed by atoms with Crippen molar-refractivity contribution in [3.8, 4) is 0 Å². The fraction of sp³-hybridized carbons (Fsp3) is 0.600. The molecule has 0 spiro atoms. The molecule has 2 aliphatic heterocycles. The molecule has 0 saturated carbocycles. The Morgan fingerprint density at radius 2 is 2.42 bits per heavy atom. The average Bonchev–Trinajstić information content (AvgIpc) is 2.97. The molecule has 1 fully saturated rings. The number of hydrogen-bond donors (Lipinski definition) is 4. The molecule has 0 amide bonds. The van der Waals surface area contributed by atoms with Gasteiger partial charge in [0.25, 0.3) is 0 Å². The predicted molar refractivity (Wildman–Crippen MR) is 66.9 cm³/mol. The number of halogens is 1. The topological polar surface area (TPSA) is 107 Å².